The lowest BCUT2D eigenvalue weighted by Crippen LogP contribution is -2.02. The van der Waals surface area contributed by atoms with Gasteiger partial charge in [0.15, 0.2) is 0 Å². The van der Waals surface area contributed by atoms with Gasteiger partial charge in [0.05, 0.1) is 6.61 Å². The van der Waals surface area contributed by atoms with E-state index < -0.39 is 0 Å². The maximum atomic E-state index is 5.61. The molecule has 1 atom stereocenters. The first kappa shape index (κ1) is 12.0. The molecule has 2 heteroatoms. The molecule has 0 aromatic rings. The van der Waals surface area contributed by atoms with E-state index in [1.165, 1.54) is 0 Å². The average Bonchev–Trinajstić information content (AvgIpc) is 2.05. The van der Waals surface area contributed by atoms with Crippen LogP contribution in [0.15, 0.2) is 12.2 Å². The molecule has 0 aliphatic heterocycles. The predicted octanol–water partition coefficient (Wildman–Crippen LogP) is 3.23. The molecule has 0 bridgehead atoms. The van der Waals surface area contributed by atoms with Gasteiger partial charge < -0.3 is 4.74 Å². The molecule has 0 fully saturated rings. The number of alkyl halides is 1. The summed E-state index contributed by atoms with van der Waals surface area (Å²) in [4.78, 5) is 0. The molecule has 12 heavy (non-hydrogen) atoms. The molecular weight excluding hydrogens is 172 g/mol. The Morgan fingerprint density at radius 1 is 1.42 bits per heavy atom. The van der Waals surface area contributed by atoms with Crippen molar-refractivity contribution in [3.63, 3.8) is 0 Å². The third-order valence-electron chi connectivity index (χ3n) is 1.81. The highest BCUT2D eigenvalue weighted by atomic mass is 35.5. The topological polar surface area (TPSA) is 9.23 Å². The molecule has 0 N–H and O–H groups in total. The minimum absolute atomic E-state index is 0.688. The summed E-state index contributed by atoms with van der Waals surface area (Å²) >= 11 is 5.61. The lowest BCUT2D eigenvalue weighted by atomic mass is 10.1. The molecule has 1 unspecified atom stereocenters. The van der Waals surface area contributed by atoms with Crippen LogP contribution in [0.25, 0.3) is 0 Å². The maximum absolute atomic E-state index is 5.61. The standard InChI is InChI=1S/C10H19ClO/c1-3-4-8-12-9-6-10(2)5-7-11/h3-4,10H,5-9H2,1-2H3. The fourth-order valence-corrected chi connectivity index (χ4v) is 1.24. The van der Waals surface area contributed by atoms with Gasteiger partial charge in [0.2, 0.25) is 0 Å². The van der Waals surface area contributed by atoms with Crippen molar-refractivity contribution in [3.05, 3.63) is 12.2 Å². The number of ether oxygens (including phenoxy) is 1. The van der Waals surface area contributed by atoms with E-state index >= 15 is 0 Å². The van der Waals surface area contributed by atoms with E-state index in [4.69, 9.17) is 16.3 Å². The maximum Gasteiger partial charge on any atom is 0.0647 e. The molecule has 0 saturated heterocycles. The normalized spacial score (nSPS) is 13.9. The molecule has 1 nitrogen and oxygen atoms in total. The van der Waals surface area contributed by atoms with Crippen LogP contribution in [0, 0.1) is 5.92 Å². The smallest absolute Gasteiger partial charge is 0.0647 e. The van der Waals surface area contributed by atoms with Gasteiger partial charge in [0, 0.05) is 12.5 Å². The first-order valence-electron chi connectivity index (χ1n) is 4.56. The van der Waals surface area contributed by atoms with Crippen molar-refractivity contribution in [2.45, 2.75) is 26.7 Å². The van der Waals surface area contributed by atoms with Crippen LogP contribution in [0.3, 0.4) is 0 Å². The van der Waals surface area contributed by atoms with Crippen molar-refractivity contribution in [1.82, 2.24) is 0 Å². The first-order valence-corrected chi connectivity index (χ1v) is 5.09. The summed E-state index contributed by atoms with van der Waals surface area (Å²) in [6, 6.07) is 0. The Morgan fingerprint density at radius 2 is 2.17 bits per heavy atom. The lowest BCUT2D eigenvalue weighted by Gasteiger charge is -2.08. The molecule has 0 heterocycles. The summed E-state index contributed by atoms with van der Waals surface area (Å²) in [6.45, 7) is 5.80. The van der Waals surface area contributed by atoms with Crippen molar-refractivity contribution in [3.8, 4) is 0 Å². The molecular formula is C10H19ClO. The minimum atomic E-state index is 0.688. The van der Waals surface area contributed by atoms with Gasteiger partial charge in [0.1, 0.15) is 0 Å². The molecule has 72 valence electrons. The predicted molar refractivity (Wildman–Crippen MR) is 54.8 cm³/mol. The minimum Gasteiger partial charge on any atom is -0.377 e. The Hall–Kier alpha value is -0.0100. The largest absolute Gasteiger partial charge is 0.377 e. The second kappa shape index (κ2) is 9.08. The number of halogens is 1. The summed E-state index contributed by atoms with van der Waals surface area (Å²) in [7, 11) is 0. The second-order valence-corrected chi connectivity index (χ2v) is 3.39. The van der Waals surface area contributed by atoms with Crippen molar-refractivity contribution >= 4 is 11.6 Å². The lowest BCUT2D eigenvalue weighted by molar-refractivity contribution is 0.147. The average molecular weight is 191 g/mol. The number of hydrogen-bond donors (Lipinski definition) is 0. The van der Waals surface area contributed by atoms with E-state index in [-0.39, 0.29) is 0 Å². The summed E-state index contributed by atoms with van der Waals surface area (Å²) in [5.41, 5.74) is 0. The molecule has 0 aromatic heterocycles. The zero-order valence-corrected chi connectivity index (χ0v) is 8.81. The molecule has 0 rings (SSSR count). The number of allylic oxidation sites excluding steroid dienone is 1. The van der Waals surface area contributed by atoms with E-state index in [1.54, 1.807) is 0 Å². The van der Waals surface area contributed by atoms with E-state index in [2.05, 4.69) is 6.92 Å². The van der Waals surface area contributed by atoms with Crippen LogP contribution in [-0.2, 0) is 4.74 Å². The highest BCUT2D eigenvalue weighted by molar-refractivity contribution is 6.17. The third-order valence-corrected chi connectivity index (χ3v) is 2.02. The van der Waals surface area contributed by atoms with Gasteiger partial charge in [-0.05, 0) is 25.7 Å². The monoisotopic (exact) mass is 190 g/mol. The Morgan fingerprint density at radius 3 is 2.75 bits per heavy atom. The van der Waals surface area contributed by atoms with Gasteiger partial charge in [-0.15, -0.1) is 11.6 Å². The van der Waals surface area contributed by atoms with E-state index in [9.17, 15) is 0 Å². The van der Waals surface area contributed by atoms with Gasteiger partial charge in [0.25, 0.3) is 0 Å². The van der Waals surface area contributed by atoms with Gasteiger partial charge in [-0.2, -0.15) is 0 Å². The molecule has 0 spiro atoms. The fourth-order valence-electron chi connectivity index (χ4n) is 0.863. The second-order valence-electron chi connectivity index (χ2n) is 3.02. The fraction of sp³-hybridized carbons (Fsp3) is 0.800. The first-order chi connectivity index (χ1) is 5.81. The van der Waals surface area contributed by atoms with Crippen LogP contribution in [0.2, 0.25) is 0 Å². The summed E-state index contributed by atoms with van der Waals surface area (Å²) < 4.78 is 5.36. The summed E-state index contributed by atoms with van der Waals surface area (Å²) in [5.74, 6) is 1.45. The molecule has 0 aromatic carbocycles. The van der Waals surface area contributed by atoms with Gasteiger partial charge in [-0.25, -0.2) is 0 Å². The van der Waals surface area contributed by atoms with Crippen LogP contribution >= 0.6 is 11.6 Å². The van der Waals surface area contributed by atoms with Gasteiger partial charge in [-0.1, -0.05) is 19.1 Å². The molecule has 0 radical (unpaired) electrons. The van der Waals surface area contributed by atoms with E-state index in [1.807, 2.05) is 19.1 Å². The Kier molecular flexibility index (Phi) is 9.07. The Labute approximate surface area is 80.8 Å². The van der Waals surface area contributed by atoms with Crippen molar-refractivity contribution < 1.29 is 4.74 Å². The van der Waals surface area contributed by atoms with Crippen LogP contribution in [0.1, 0.15) is 26.7 Å². The van der Waals surface area contributed by atoms with Crippen LogP contribution in [-0.4, -0.2) is 19.1 Å². The zero-order valence-electron chi connectivity index (χ0n) is 8.05. The summed E-state index contributed by atoms with van der Waals surface area (Å²) in [5, 5.41) is 0. The Balaban J connectivity index is 3.08. The highest BCUT2D eigenvalue weighted by Gasteiger charge is 1.99. The quantitative estimate of drug-likeness (QED) is 0.340. The van der Waals surface area contributed by atoms with Crippen molar-refractivity contribution in [2.24, 2.45) is 5.92 Å². The third kappa shape index (κ3) is 8.09. The van der Waals surface area contributed by atoms with Gasteiger partial charge in [-0.3, -0.25) is 0 Å². The van der Waals surface area contributed by atoms with Crippen molar-refractivity contribution in [2.75, 3.05) is 19.1 Å². The van der Waals surface area contributed by atoms with Gasteiger partial charge >= 0.3 is 0 Å². The number of hydrogen-bond acceptors (Lipinski definition) is 1. The number of rotatable bonds is 7. The van der Waals surface area contributed by atoms with Crippen LogP contribution < -0.4 is 0 Å². The van der Waals surface area contributed by atoms with E-state index in [0.717, 1.165) is 31.9 Å². The van der Waals surface area contributed by atoms with Crippen LogP contribution in [0.5, 0.6) is 0 Å². The zero-order chi connectivity index (χ0) is 9.23. The molecule has 0 aliphatic rings. The highest BCUT2D eigenvalue weighted by Crippen LogP contribution is 2.07. The Bertz CT molecular complexity index is 112. The molecule has 0 amide bonds. The van der Waals surface area contributed by atoms with Crippen LogP contribution in [0.4, 0.5) is 0 Å². The van der Waals surface area contributed by atoms with Crippen molar-refractivity contribution in [1.29, 1.82) is 0 Å². The SMILES string of the molecule is CC=CCOCCC(C)CCCl. The molecule has 0 saturated carbocycles. The van der Waals surface area contributed by atoms with E-state index in [0.29, 0.717) is 5.92 Å². The molecule has 0 aliphatic carbocycles. The summed E-state index contributed by atoms with van der Waals surface area (Å²) in [6.07, 6.45) is 6.23.